The van der Waals surface area contributed by atoms with Gasteiger partial charge in [-0.1, -0.05) is 19.9 Å². The largest absolute Gasteiger partial charge is 0.393 e. The third-order valence-corrected chi connectivity index (χ3v) is 4.38. The summed E-state index contributed by atoms with van der Waals surface area (Å²) < 4.78 is 0. The predicted octanol–water partition coefficient (Wildman–Crippen LogP) is 1.82. The highest BCUT2D eigenvalue weighted by Gasteiger charge is 2.21. The zero-order chi connectivity index (χ0) is 17.7. The average Bonchev–Trinajstić information content (AvgIpc) is 2.96. The van der Waals surface area contributed by atoms with Crippen LogP contribution in [-0.2, 0) is 17.6 Å². The molecule has 1 aliphatic rings. The number of aliphatic hydroxyl groups is 1. The Balaban J connectivity index is 1.78. The maximum atomic E-state index is 12.2. The molecule has 1 aromatic carbocycles. The van der Waals surface area contributed by atoms with Crippen LogP contribution in [-0.4, -0.2) is 36.1 Å². The zero-order valence-corrected chi connectivity index (χ0v) is 14.8. The Kier molecular flexibility index (Phi) is 5.99. The van der Waals surface area contributed by atoms with Crippen LogP contribution in [0.25, 0.3) is 0 Å². The van der Waals surface area contributed by atoms with Gasteiger partial charge in [-0.15, -0.1) is 0 Å². The monoisotopic (exact) mass is 332 g/mol. The Labute approximate surface area is 143 Å². The number of carbonyl (C=O) groups excluding carboxylic acids is 2. The molecule has 0 heterocycles. The first kappa shape index (κ1) is 18.5. The summed E-state index contributed by atoms with van der Waals surface area (Å²) in [4.78, 5) is 24.1. The Morgan fingerprint density at radius 2 is 1.92 bits per heavy atom. The molecule has 24 heavy (non-hydrogen) atoms. The van der Waals surface area contributed by atoms with Crippen LogP contribution in [0.2, 0.25) is 0 Å². The minimum Gasteiger partial charge on any atom is -0.393 e. The summed E-state index contributed by atoms with van der Waals surface area (Å²) in [6.45, 7) is 6.14. The van der Waals surface area contributed by atoms with Gasteiger partial charge in [0, 0.05) is 12.1 Å². The number of rotatable bonds is 7. The van der Waals surface area contributed by atoms with Crippen molar-refractivity contribution in [3.8, 4) is 0 Å². The van der Waals surface area contributed by atoms with E-state index in [4.69, 9.17) is 0 Å². The number of amides is 2. The van der Waals surface area contributed by atoms with Gasteiger partial charge in [0.1, 0.15) is 0 Å². The Bertz CT molecular complexity index is 609. The standard InChI is InChI=1S/C19H28N2O3/c1-13(22)10-19(2,3)12-21-17(23)11-20-18(24)16-8-7-14-5-4-6-15(14)9-16/h7-9,13,22H,4-6,10-12H2,1-3H3,(H,20,24)(H,21,23). The van der Waals surface area contributed by atoms with E-state index in [0.29, 0.717) is 18.5 Å². The topological polar surface area (TPSA) is 78.4 Å². The third-order valence-electron chi connectivity index (χ3n) is 4.38. The molecular weight excluding hydrogens is 304 g/mol. The lowest BCUT2D eigenvalue weighted by atomic mass is 9.87. The van der Waals surface area contributed by atoms with Crippen molar-refractivity contribution >= 4 is 11.8 Å². The molecule has 0 saturated carbocycles. The minimum atomic E-state index is -0.406. The van der Waals surface area contributed by atoms with Crippen LogP contribution >= 0.6 is 0 Å². The maximum Gasteiger partial charge on any atom is 0.251 e. The molecule has 0 spiro atoms. The van der Waals surface area contributed by atoms with Gasteiger partial charge in [-0.3, -0.25) is 9.59 Å². The van der Waals surface area contributed by atoms with E-state index in [-0.39, 0.29) is 23.8 Å². The highest BCUT2D eigenvalue weighted by Crippen LogP contribution is 2.23. The molecule has 1 unspecified atom stereocenters. The Morgan fingerprint density at radius 1 is 1.21 bits per heavy atom. The SMILES string of the molecule is CC(O)CC(C)(C)CNC(=O)CNC(=O)c1ccc2c(c1)CCC2. The first-order valence-corrected chi connectivity index (χ1v) is 8.61. The lowest BCUT2D eigenvalue weighted by molar-refractivity contribution is -0.120. The number of benzene rings is 1. The molecule has 1 atom stereocenters. The van der Waals surface area contributed by atoms with Crippen molar-refractivity contribution in [1.82, 2.24) is 10.6 Å². The fraction of sp³-hybridized carbons (Fsp3) is 0.579. The second kappa shape index (κ2) is 7.79. The number of hydrogen-bond donors (Lipinski definition) is 3. The first-order chi connectivity index (χ1) is 11.3. The second-order valence-electron chi connectivity index (χ2n) is 7.51. The zero-order valence-electron chi connectivity index (χ0n) is 14.8. The van der Waals surface area contributed by atoms with Crippen molar-refractivity contribution in [3.05, 3.63) is 34.9 Å². The second-order valence-corrected chi connectivity index (χ2v) is 7.51. The molecule has 2 rings (SSSR count). The van der Waals surface area contributed by atoms with Crippen LogP contribution < -0.4 is 10.6 Å². The fourth-order valence-electron chi connectivity index (χ4n) is 3.25. The van der Waals surface area contributed by atoms with Gasteiger partial charge in [0.15, 0.2) is 0 Å². The average molecular weight is 332 g/mol. The van der Waals surface area contributed by atoms with Gasteiger partial charge >= 0.3 is 0 Å². The van der Waals surface area contributed by atoms with Crippen molar-refractivity contribution < 1.29 is 14.7 Å². The highest BCUT2D eigenvalue weighted by molar-refractivity contribution is 5.96. The molecule has 0 radical (unpaired) electrons. The van der Waals surface area contributed by atoms with Gasteiger partial charge in [0.25, 0.3) is 5.91 Å². The summed E-state index contributed by atoms with van der Waals surface area (Å²) in [6, 6.07) is 5.76. The molecular formula is C19H28N2O3. The van der Waals surface area contributed by atoms with E-state index in [0.717, 1.165) is 19.3 Å². The van der Waals surface area contributed by atoms with Crippen LogP contribution in [0.1, 0.15) is 55.1 Å². The number of hydrogen-bond acceptors (Lipinski definition) is 3. The van der Waals surface area contributed by atoms with Gasteiger partial charge in [0.05, 0.1) is 12.6 Å². The molecule has 3 N–H and O–H groups in total. The van der Waals surface area contributed by atoms with E-state index >= 15 is 0 Å². The van der Waals surface area contributed by atoms with Crippen molar-refractivity contribution in [1.29, 1.82) is 0 Å². The predicted molar refractivity (Wildman–Crippen MR) is 93.9 cm³/mol. The van der Waals surface area contributed by atoms with Crippen LogP contribution in [0.15, 0.2) is 18.2 Å². The number of aryl methyl sites for hydroxylation is 2. The van der Waals surface area contributed by atoms with Crippen LogP contribution in [0.5, 0.6) is 0 Å². The quantitative estimate of drug-likeness (QED) is 0.713. The lowest BCUT2D eigenvalue weighted by Crippen LogP contribution is -2.41. The van der Waals surface area contributed by atoms with Gasteiger partial charge < -0.3 is 15.7 Å². The molecule has 0 fully saturated rings. The van der Waals surface area contributed by atoms with Crippen molar-refractivity contribution in [2.75, 3.05) is 13.1 Å². The molecule has 0 saturated heterocycles. The van der Waals surface area contributed by atoms with Gasteiger partial charge in [-0.25, -0.2) is 0 Å². The van der Waals surface area contributed by atoms with Crippen LogP contribution in [0, 0.1) is 5.41 Å². The molecule has 5 heteroatoms. The summed E-state index contributed by atoms with van der Waals surface area (Å²) in [5.74, 6) is -0.439. The van der Waals surface area contributed by atoms with E-state index in [1.165, 1.54) is 11.1 Å². The summed E-state index contributed by atoms with van der Waals surface area (Å²) in [5.41, 5.74) is 2.99. The van der Waals surface area contributed by atoms with Gasteiger partial charge in [0.2, 0.25) is 5.91 Å². The number of carbonyl (C=O) groups is 2. The highest BCUT2D eigenvalue weighted by atomic mass is 16.3. The van der Waals surface area contributed by atoms with E-state index in [1.807, 2.05) is 32.0 Å². The molecule has 5 nitrogen and oxygen atoms in total. The molecule has 0 aromatic heterocycles. The third kappa shape index (κ3) is 5.34. The normalized spacial score (nSPS) is 14.8. The first-order valence-electron chi connectivity index (χ1n) is 8.61. The molecule has 132 valence electrons. The van der Waals surface area contributed by atoms with Gasteiger partial charge in [-0.2, -0.15) is 0 Å². The van der Waals surface area contributed by atoms with E-state index in [9.17, 15) is 14.7 Å². The fourth-order valence-corrected chi connectivity index (χ4v) is 3.25. The maximum absolute atomic E-state index is 12.2. The molecule has 1 aromatic rings. The van der Waals surface area contributed by atoms with Crippen LogP contribution in [0.4, 0.5) is 0 Å². The van der Waals surface area contributed by atoms with E-state index in [1.54, 1.807) is 6.92 Å². The lowest BCUT2D eigenvalue weighted by Gasteiger charge is -2.26. The van der Waals surface area contributed by atoms with E-state index in [2.05, 4.69) is 10.6 Å². The van der Waals surface area contributed by atoms with E-state index < -0.39 is 6.10 Å². The summed E-state index contributed by atoms with van der Waals surface area (Å²) in [6.07, 6.45) is 3.45. The van der Waals surface area contributed by atoms with Crippen molar-refractivity contribution in [3.63, 3.8) is 0 Å². The summed E-state index contributed by atoms with van der Waals surface area (Å²) >= 11 is 0. The number of nitrogens with one attached hydrogen (secondary N) is 2. The molecule has 0 aliphatic heterocycles. The van der Waals surface area contributed by atoms with Crippen molar-refractivity contribution in [2.45, 2.75) is 52.6 Å². The summed E-state index contributed by atoms with van der Waals surface area (Å²) in [5, 5.41) is 14.9. The Morgan fingerprint density at radius 3 is 2.62 bits per heavy atom. The Hall–Kier alpha value is -1.88. The molecule has 0 bridgehead atoms. The summed E-state index contributed by atoms with van der Waals surface area (Å²) in [7, 11) is 0. The van der Waals surface area contributed by atoms with Crippen molar-refractivity contribution in [2.24, 2.45) is 5.41 Å². The number of fused-ring (bicyclic) bond motifs is 1. The van der Waals surface area contributed by atoms with Crippen LogP contribution in [0.3, 0.4) is 0 Å². The molecule has 1 aliphatic carbocycles. The van der Waals surface area contributed by atoms with Gasteiger partial charge in [-0.05, 0) is 61.3 Å². The number of aliphatic hydroxyl groups excluding tert-OH is 1. The smallest absolute Gasteiger partial charge is 0.251 e. The molecule has 2 amide bonds. The minimum absolute atomic E-state index is 0.0410.